The van der Waals surface area contributed by atoms with Gasteiger partial charge in [0.25, 0.3) is 5.91 Å². The zero-order valence-electron chi connectivity index (χ0n) is 13.7. The lowest BCUT2D eigenvalue weighted by atomic mass is 10.1. The zero-order chi connectivity index (χ0) is 17.6. The van der Waals surface area contributed by atoms with Gasteiger partial charge in [0.2, 0.25) is 0 Å². The molecule has 5 nitrogen and oxygen atoms in total. The summed E-state index contributed by atoms with van der Waals surface area (Å²) in [7, 11) is 0. The van der Waals surface area contributed by atoms with E-state index in [2.05, 4.69) is 15.6 Å². The third kappa shape index (κ3) is 4.29. The van der Waals surface area contributed by atoms with Crippen molar-refractivity contribution in [1.29, 1.82) is 0 Å². The number of nitrogens with zero attached hydrogens (tertiary/aromatic N) is 1. The van der Waals surface area contributed by atoms with Crippen molar-refractivity contribution >= 4 is 28.9 Å². The summed E-state index contributed by atoms with van der Waals surface area (Å²) in [4.78, 5) is 27.6. The van der Waals surface area contributed by atoms with E-state index in [-0.39, 0.29) is 11.7 Å². The van der Waals surface area contributed by atoms with E-state index in [0.29, 0.717) is 16.9 Å². The maximum atomic E-state index is 12.1. The molecule has 3 rings (SSSR count). The van der Waals surface area contributed by atoms with Gasteiger partial charge < -0.3 is 10.6 Å². The molecule has 25 heavy (non-hydrogen) atoms. The molecule has 0 radical (unpaired) electrons. The number of rotatable bonds is 5. The molecule has 1 amide bonds. The second kappa shape index (κ2) is 7.40. The van der Waals surface area contributed by atoms with E-state index in [4.69, 9.17) is 0 Å². The molecule has 0 atom stereocenters. The molecule has 0 spiro atoms. The summed E-state index contributed by atoms with van der Waals surface area (Å²) < 4.78 is 0. The molecule has 2 N–H and O–H groups in total. The van der Waals surface area contributed by atoms with E-state index in [1.807, 2.05) is 36.4 Å². The molecular weight excluding hydrogens is 314 g/mol. The number of carbonyl (C=O) groups excluding carboxylic acids is 2. The number of amides is 1. The average Bonchev–Trinajstić information content (AvgIpc) is 2.64. The fourth-order valence-corrected chi connectivity index (χ4v) is 2.27. The Kier molecular flexibility index (Phi) is 4.85. The van der Waals surface area contributed by atoms with Crippen LogP contribution in [0.4, 0.5) is 17.2 Å². The van der Waals surface area contributed by atoms with Crippen LogP contribution in [0.15, 0.2) is 72.9 Å². The summed E-state index contributed by atoms with van der Waals surface area (Å²) in [6, 6.07) is 19.7. The summed E-state index contributed by atoms with van der Waals surface area (Å²) in [6.45, 7) is 1.54. The maximum Gasteiger partial charge on any atom is 0.256 e. The van der Waals surface area contributed by atoms with Crippen LogP contribution < -0.4 is 10.6 Å². The molecule has 2 aromatic carbocycles. The fourth-order valence-electron chi connectivity index (χ4n) is 2.27. The van der Waals surface area contributed by atoms with Crippen molar-refractivity contribution in [1.82, 2.24) is 4.98 Å². The molecule has 0 aliphatic heterocycles. The highest BCUT2D eigenvalue weighted by molar-refractivity contribution is 6.03. The van der Waals surface area contributed by atoms with E-state index < -0.39 is 0 Å². The van der Waals surface area contributed by atoms with Crippen molar-refractivity contribution in [2.75, 3.05) is 10.6 Å². The lowest BCUT2D eigenvalue weighted by Crippen LogP contribution is -2.12. The minimum absolute atomic E-state index is 0.0340. The highest BCUT2D eigenvalue weighted by atomic mass is 16.1. The molecule has 0 saturated heterocycles. The Labute approximate surface area is 145 Å². The standard InChI is InChI=1S/C20H17N3O2/c1-14(24)15-7-9-17(10-8-15)22-18-11-12-19(21-13-18)23-20(25)16-5-3-2-4-6-16/h2-13,22H,1H3,(H,21,23,25). The quantitative estimate of drug-likeness (QED) is 0.685. The van der Waals surface area contributed by atoms with Gasteiger partial charge in [-0.05, 0) is 55.5 Å². The molecule has 0 aliphatic carbocycles. The van der Waals surface area contributed by atoms with Gasteiger partial charge >= 0.3 is 0 Å². The molecule has 1 aromatic heterocycles. The number of hydrogen-bond donors (Lipinski definition) is 2. The van der Waals surface area contributed by atoms with Crippen LogP contribution in [-0.2, 0) is 0 Å². The van der Waals surface area contributed by atoms with Gasteiger partial charge in [0, 0.05) is 16.8 Å². The third-order valence-electron chi connectivity index (χ3n) is 3.62. The van der Waals surface area contributed by atoms with Crippen LogP contribution in [0, 0.1) is 0 Å². The Bertz CT molecular complexity index is 873. The van der Waals surface area contributed by atoms with E-state index in [9.17, 15) is 9.59 Å². The van der Waals surface area contributed by atoms with Gasteiger partial charge in [-0.1, -0.05) is 18.2 Å². The van der Waals surface area contributed by atoms with Crippen LogP contribution >= 0.6 is 0 Å². The minimum Gasteiger partial charge on any atom is -0.354 e. The summed E-state index contributed by atoms with van der Waals surface area (Å²) in [5, 5.41) is 5.95. The van der Waals surface area contributed by atoms with Crippen LogP contribution in [-0.4, -0.2) is 16.7 Å². The largest absolute Gasteiger partial charge is 0.354 e. The fraction of sp³-hybridized carbons (Fsp3) is 0.0500. The van der Waals surface area contributed by atoms with Gasteiger partial charge in [0.15, 0.2) is 5.78 Å². The predicted molar refractivity (Wildman–Crippen MR) is 98.4 cm³/mol. The molecule has 0 unspecified atom stereocenters. The smallest absolute Gasteiger partial charge is 0.256 e. The van der Waals surface area contributed by atoms with Gasteiger partial charge in [0.05, 0.1) is 11.9 Å². The van der Waals surface area contributed by atoms with Crippen LogP contribution in [0.2, 0.25) is 0 Å². The summed E-state index contributed by atoms with van der Waals surface area (Å²) in [5.74, 6) is 0.312. The Morgan fingerprint density at radius 2 is 1.48 bits per heavy atom. The molecule has 0 aliphatic rings. The Hall–Kier alpha value is -3.47. The predicted octanol–water partition coefficient (Wildman–Crippen LogP) is 4.28. The first-order chi connectivity index (χ1) is 12.1. The number of hydrogen-bond acceptors (Lipinski definition) is 4. The van der Waals surface area contributed by atoms with E-state index >= 15 is 0 Å². The number of benzene rings is 2. The molecule has 124 valence electrons. The lowest BCUT2D eigenvalue weighted by Gasteiger charge is -2.08. The highest BCUT2D eigenvalue weighted by Gasteiger charge is 2.06. The Balaban J connectivity index is 1.64. The van der Waals surface area contributed by atoms with E-state index in [0.717, 1.165) is 11.4 Å². The van der Waals surface area contributed by atoms with Crippen LogP contribution in [0.3, 0.4) is 0 Å². The summed E-state index contributed by atoms with van der Waals surface area (Å²) in [6.07, 6.45) is 1.64. The number of carbonyl (C=O) groups is 2. The summed E-state index contributed by atoms with van der Waals surface area (Å²) >= 11 is 0. The van der Waals surface area contributed by atoms with Gasteiger partial charge in [-0.2, -0.15) is 0 Å². The number of nitrogens with one attached hydrogen (secondary N) is 2. The monoisotopic (exact) mass is 331 g/mol. The van der Waals surface area contributed by atoms with Gasteiger partial charge in [-0.3, -0.25) is 9.59 Å². The van der Waals surface area contributed by atoms with Gasteiger partial charge in [0.1, 0.15) is 5.82 Å². The van der Waals surface area contributed by atoms with Crippen molar-refractivity contribution < 1.29 is 9.59 Å². The van der Waals surface area contributed by atoms with Crippen molar-refractivity contribution in [3.63, 3.8) is 0 Å². The SMILES string of the molecule is CC(=O)c1ccc(Nc2ccc(NC(=O)c3ccccc3)nc2)cc1. The average molecular weight is 331 g/mol. The summed E-state index contributed by atoms with van der Waals surface area (Å²) in [5.41, 5.74) is 2.89. The van der Waals surface area contributed by atoms with Crippen LogP contribution in [0.1, 0.15) is 27.6 Å². The third-order valence-corrected chi connectivity index (χ3v) is 3.62. The molecule has 0 saturated carbocycles. The topological polar surface area (TPSA) is 71.1 Å². The number of Topliss-reactive ketones (excluding diaryl/α,β-unsaturated/α-hetero) is 1. The van der Waals surface area contributed by atoms with Gasteiger partial charge in [-0.25, -0.2) is 4.98 Å². The van der Waals surface area contributed by atoms with Crippen molar-refractivity contribution in [2.24, 2.45) is 0 Å². The van der Waals surface area contributed by atoms with E-state index in [1.165, 1.54) is 6.92 Å². The number of ketones is 1. The maximum absolute atomic E-state index is 12.1. The molecule has 0 fully saturated rings. The van der Waals surface area contributed by atoms with Crippen molar-refractivity contribution in [3.05, 3.63) is 84.1 Å². The molecule has 5 heteroatoms. The van der Waals surface area contributed by atoms with Crippen LogP contribution in [0.5, 0.6) is 0 Å². The molecule has 1 heterocycles. The Morgan fingerprint density at radius 1 is 0.800 bits per heavy atom. The first kappa shape index (κ1) is 16.4. The first-order valence-corrected chi connectivity index (χ1v) is 7.82. The Morgan fingerprint density at radius 3 is 2.08 bits per heavy atom. The normalized spacial score (nSPS) is 10.1. The molecule has 0 bridgehead atoms. The van der Waals surface area contributed by atoms with Gasteiger partial charge in [-0.15, -0.1) is 0 Å². The molecule has 3 aromatic rings. The first-order valence-electron chi connectivity index (χ1n) is 7.82. The second-order valence-corrected chi connectivity index (χ2v) is 5.51. The van der Waals surface area contributed by atoms with Crippen LogP contribution in [0.25, 0.3) is 0 Å². The number of anilines is 3. The van der Waals surface area contributed by atoms with Crippen molar-refractivity contribution in [2.45, 2.75) is 6.92 Å². The number of aromatic nitrogens is 1. The zero-order valence-corrected chi connectivity index (χ0v) is 13.7. The highest BCUT2D eigenvalue weighted by Crippen LogP contribution is 2.18. The van der Waals surface area contributed by atoms with E-state index in [1.54, 1.807) is 36.5 Å². The minimum atomic E-state index is -0.200. The second-order valence-electron chi connectivity index (χ2n) is 5.51. The lowest BCUT2D eigenvalue weighted by molar-refractivity contribution is 0.101. The number of pyridine rings is 1. The van der Waals surface area contributed by atoms with Crippen molar-refractivity contribution in [3.8, 4) is 0 Å². The molecular formula is C20H17N3O2.